The van der Waals surface area contributed by atoms with E-state index in [0.717, 1.165) is 38.5 Å². The molecule has 2 unspecified atom stereocenters. The van der Waals surface area contributed by atoms with Crippen LogP contribution < -0.4 is 0 Å². The fourth-order valence-corrected chi connectivity index (χ4v) is 2.31. The van der Waals surface area contributed by atoms with E-state index in [2.05, 4.69) is 11.7 Å². The van der Waals surface area contributed by atoms with Crippen molar-refractivity contribution < 1.29 is 19.4 Å². The molecule has 0 spiro atoms. The van der Waals surface area contributed by atoms with Gasteiger partial charge < -0.3 is 9.84 Å². The average molecular weight is 242 g/mol. The summed E-state index contributed by atoms with van der Waals surface area (Å²) >= 11 is 0. The predicted molar refractivity (Wildman–Crippen MR) is 63.2 cm³/mol. The minimum absolute atomic E-state index is 0.101. The van der Waals surface area contributed by atoms with Crippen LogP contribution in [0.25, 0.3) is 0 Å². The van der Waals surface area contributed by atoms with Crippen LogP contribution in [0, 0.1) is 11.8 Å². The number of cyclic esters (lactones) is 2. The summed E-state index contributed by atoms with van der Waals surface area (Å²) in [7, 11) is 0. The first kappa shape index (κ1) is 14.2. The molecule has 1 aliphatic carbocycles. The number of carbonyl (C=O) groups is 2. The van der Waals surface area contributed by atoms with Gasteiger partial charge in [-0.3, -0.25) is 9.59 Å². The number of unbranched alkanes of at least 4 members (excludes halogenated alkanes) is 2. The standard InChI is InChI=1S/C8H10O3.C5H12O/c9-7-5-3-1-2-4-6(5)8(10)11-7;1-2-3-4-5-6/h5-6H,1-4H2;6H,2-5H2,1H3. The van der Waals surface area contributed by atoms with Gasteiger partial charge in [-0.15, -0.1) is 0 Å². The Hall–Kier alpha value is -0.900. The molecule has 0 aromatic rings. The van der Waals surface area contributed by atoms with Gasteiger partial charge in [0.05, 0.1) is 11.8 Å². The number of hydrogen-bond donors (Lipinski definition) is 1. The van der Waals surface area contributed by atoms with Crippen LogP contribution in [0.5, 0.6) is 0 Å². The monoisotopic (exact) mass is 242 g/mol. The molecule has 1 aliphatic heterocycles. The van der Waals surface area contributed by atoms with Gasteiger partial charge in [0.1, 0.15) is 0 Å². The second-order valence-corrected chi connectivity index (χ2v) is 4.67. The number of esters is 2. The molecule has 0 bridgehead atoms. The van der Waals surface area contributed by atoms with E-state index in [-0.39, 0.29) is 23.8 Å². The lowest BCUT2D eigenvalue weighted by molar-refractivity contribution is -0.153. The van der Waals surface area contributed by atoms with E-state index >= 15 is 0 Å². The zero-order chi connectivity index (χ0) is 12.7. The van der Waals surface area contributed by atoms with Crippen LogP contribution in [-0.4, -0.2) is 23.7 Å². The summed E-state index contributed by atoms with van der Waals surface area (Å²) in [5, 5.41) is 8.20. The van der Waals surface area contributed by atoms with Crippen molar-refractivity contribution >= 4 is 11.9 Å². The Morgan fingerprint density at radius 1 is 1.12 bits per heavy atom. The summed E-state index contributed by atoms with van der Waals surface area (Å²) in [5.74, 6) is -0.785. The van der Waals surface area contributed by atoms with Crippen molar-refractivity contribution in [3.05, 3.63) is 0 Å². The molecule has 1 saturated carbocycles. The quantitative estimate of drug-likeness (QED) is 0.467. The molecule has 0 aromatic carbocycles. The van der Waals surface area contributed by atoms with Crippen LogP contribution >= 0.6 is 0 Å². The molecular weight excluding hydrogens is 220 g/mol. The summed E-state index contributed by atoms with van der Waals surface area (Å²) in [6.07, 6.45) is 7.13. The summed E-state index contributed by atoms with van der Waals surface area (Å²) in [4.78, 5) is 22.0. The lowest BCUT2D eigenvalue weighted by atomic mass is 9.81. The van der Waals surface area contributed by atoms with Crippen LogP contribution in [0.15, 0.2) is 0 Å². The van der Waals surface area contributed by atoms with E-state index < -0.39 is 0 Å². The Bertz CT molecular complexity index is 236. The second-order valence-electron chi connectivity index (χ2n) is 4.67. The molecule has 4 heteroatoms. The molecule has 1 heterocycles. The molecule has 2 aliphatic rings. The number of rotatable bonds is 3. The second kappa shape index (κ2) is 7.43. The van der Waals surface area contributed by atoms with Crippen LogP contribution in [0.2, 0.25) is 0 Å². The lowest BCUT2D eigenvalue weighted by Crippen LogP contribution is -2.21. The van der Waals surface area contributed by atoms with Gasteiger partial charge in [-0.1, -0.05) is 32.6 Å². The number of fused-ring (bicyclic) bond motifs is 1. The van der Waals surface area contributed by atoms with Crippen LogP contribution in [0.3, 0.4) is 0 Å². The van der Waals surface area contributed by atoms with E-state index in [9.17, 15) is 9.59 Å². The zero-order valence-electron chi connectivity index (χ0n) is 10.5. The first-order valence-electron chi connectivity index (χ1n) is 6.57. The Balaban J connectivity index is 0.000000209. The third-order valence-corrected chi connectivity index (χ3v) is 3.33. The molecule has 4 nitrogen and oxygen atoms in total. The third-order valence-electron chi connectivity index (χ3n) is 3.33. The first-order valence-corrected chi connectivity index (χ1v) is 6.57. The Morgan fingerprint density at radius 2 is 1.65 bits per heavy atom. The summed E-state index contributed by atoms with van der Waals surface area (Å²) in [5.41, 5.74) is 0. The van der Waals surface area contributed by atoms with Crippen molar-refractivity contribution in [3.8, 4) is 0 Å². The topological polar surface area (TPSA) is 63.6 Å². The van der Waals surface area contributed by atoms with E-state index in [0.29, 0.717) is 6.61 Å². The van der Waals surface area contributed by atoms with Gasteiger partial charge in [-0.05, 0) is 19.3 Å². The van der Waals surface area contributed by atoms with Crippen LogP contribution in [-0.2, 0) is 14.3 Å². The summed E-state index contributed by atoms with van der Waals surface area (Å²) in [6.45, 7) is 2.48. The largest absolute Gasteiger partial charge is 0.396 e. The van der Waals surface area contributed by atoms with Gasteiger partial charge in [0.15, 0.2) is 0 Å². The van der Waals surface area contributed by atoms with Gasteiger partial charge in [-0.2, -0.15) is 0 Å². The van der Waals surface area contributed by atoms with Crippen LogP contribution in [0.1, 0.15) is 51.9 Å². The van der Waals surface area contributed by atoms with E-state index in [1.165, 1.54) is 6.42 Å². The molecule has 2 atom stereocenters. The smallest absolute Gasteiger partial charge is 0.317 e. The number of ether oxygens (including phenoxy) is 1. The van der Waals surface area contributed by atoms with Crippen molar-refractivity contribution in [2.24, 2.45) is 11.8 Å². The minimum Gasteiger partial charge on any atom is -0.396 e. The fraction of sp³-hybridized carbons (Fsp3) is 0.846. The van der Waals surface area contributed by atoms with Gasteiger partial charge in [-0.25, -0.2) is 0 Å². The molecule has 0 aromatic heterocycles. The van der Waals surface area contributed by atoms with Crippen molar-refractivity contribution in [3.63, 3.8) is 0 Å². The maximum absolute atomic E-state index is 11.0. The van der Waals surface area contributed by atoms with Crippen molar-refractivity contribution in [2.75, 3.05) is 6.61 Å². The summed E-state index contributed by atoms with van der Waals surface area (Å²) < 4.78 is 4.53. The molecular formula is C13H22O4. The van der Waals surface area contributed by atoms with Crippen molar-refractivity contribution in [1.29, 1.82) is 0 Å². The Kier molecular flexibility index (Phi) is 6.19. The predicted octanol–water partition coefficient (Wildman–Crippen LogP) is 2.05. The highest BCUT2D eigenvalue weighted by atomic mass is 16.6. The molecule has 1 N–H and O–H groups in total. The molecule has 2 fully saturated rings. The van der Waals surface area contributed by atoms with Gasteiger partial charge in [0.25, 0.3) is 0 Å². The Labute approximate surface area is 102 Å². The van der Waals surface area contributed by atoms with Gasteiger partial charge in [0, 0.05) is 6.61 Å². The highest BCUT2D eigenvalue weighted by Gasteiger charge is 2.44. The van der Waals surface area contributed by atoms with E-state index in [1.54, 1.807) is 0 Å². The Morgan fingerprint density at radius 3 is 2.00 bits per heavy atom. The maximum atomic E-state index is 11.0. The highest BCUT2D eigenvalue weighted by Crippen LogP contribution is 2.36. The number of carbonyl (C=O) groups excluding carboxylic acids is 2. The van der Waals surface area contributed by atoms with Crippen LogP contribution in [0.4, 0.5) is 0 Å². The zero-order valence-corrected chi connectivity index (χ0v) is 10.5. The maximum Gasteiger partial charge on any atom is 0.317 e. The van der Waals surface area contributed by atoms with E-state index in [4.69, 9.17) is 5.11 Å². The minimum atomic E-state index is -0.292. The SMILES string of the molecule is CCCCCO.O=C1OC(=O)C2CCCCC12. The van der Waals surface area contributed by atoms with Gasteiger partial charge in [0.2, 0.25) is 0 Å². The number of aliphatic hydroxyl groups is 1. The summed E-state index contributed by atoms with van der Waals surface area (Å²) in [6, 6.07) is 0. The third kappa shape index (κ3) is 4.11. The van der Waals surface area contributed by atoms with Crippen molar-refractivity contribution in [1.82, 2.24) is 0 Å². The molecule has 0 amide bonds. The fourth-order valence-electron chi connectivity index (χ4n) is 2.31. The molecule has 0 radical (unpaired) electrons. The number of hydrogen-bond acceptors (Lipinski definition) is 4. The first-order chi connectivity index (χ1) is 8.20. The molecule has 98 valence electrons. The highest BCUT2D eigenvalue weighted by molar-refractivity contribution is 5.96. The van der Waals surface area contributed by atoms with Crippen molar-refractivity contribution in [2.45, 2.75) is 51.9 Å². The molecule has 17 heavy (non-hydrogen) atoms. The van der Waals surface area contributed by atoms with Gasteiger partial charge >= 0.3 is 11.9 Å². The average Bonchev–Trinajstić information content (AvgIpc) is 2.64. The number of aliphatic hydroxyl groups excluding tert-OH is 1. The molecule has 1 saturated heterocycles. The van der Waals surface area contributed by atoms with E-state index in [1.807, 2.05) is 0 Å². The normalized spacial score (nSPS) is 26.9. The molecule has 2 rings (SSSR count). The lowest BCUT2D eigenvalue weighted by Gasteiger charge is -2.18.